The van der Waals surface area contributed by atoms with Crippen molar-refractivity contribution in [2.75, 3.05) is 0 Å². The van der Waals surface area contributed by atoms with Gasteiger partial charge in [0, 0.05) is 0 Å². The van der Waals surface area contributed by atoms with Crippen LogP contribution in [-0.4, -0.2) is 16.6 Å². The van der Waals surface area contributed by atoms with Gasteiger partial charge < -0.3 is 16.6 Å². The van der Waals surface area contributed by atoms with E-state index in [2.05, 4.69) is 0 Å². The highest BCUT2D eigenvalue weighted by Gasteiger charge is 2.25. The lowest BCUT2D eigenvalue weighted by molar-refractivity contribution is -0.122. The molecule has 0 saturated carbocycles. The number of phenols is 1. The van der Waals surface area contributed by atoms with Gasteiger partial charge in [0.2, 0.25) is 5.91 Å². The maximum absolute atomic E-state index is 10.9. The minimum Gasteiger partial charge on any atom is -0.508 e. The number of hydrogen-bond donors (Lipinski definition) is 3. The highest BCUT2D eigenvalue weighted by atomic mass is 16.3. The van der Waals surface area contributed by atoms with Gasteiger partial charge in [0.25, 0.3) is 0 Å². The molecular formula is C10H14N2O2. The molecule has 1 atom stereocenters. The molecule has 14 heavy (non-hydrogen) atoms. The molecule has 4 nitrogen and oxygen atoms in total. The van der Waals surface area contributed by atoms with Gasteiger partial charge in [-0.15, -0.1) is 0 Å². The zero-order valence-corrected chi connectivity index (χ0v) is 8.03. The number of rotatable bonds is 3. The Kier molecular flexibility index (Phi) is 2.76. The van der Waals surface area contributed by atoms with Crippen LogP contribution in [0.15, 0.2) is 24.3 Å². The standard InChI is InChI=1S/C10H14N2O2/c1-10(12,9(11)14)6-7-2-4-8(13)5-3-7/h2-5,13H,6,12H2,1H3,(H2,11,14)/t10-/m0/s1. The minimum absolute atomic E-state index is 0.187. The van der Waals surface area contributed by atoms with Crippen molar-refractivity contribution in [1.82, 2.24) is 0 Å². The Bertz CT molecular complexity index is 330. The van der Waals surface area contributed by atoms with Gasteiger partial charge >= 0.3 is 0 Å². The van der Waals surface area contributed by atoms with Crippen LogP contribution in [0.4, 0.5) is 0 Å². The molecule has 0 aliphatic carbocycles. The Balaban J connectivity index is 2.79. The molecule has 0 bridgehead atoms. The van der Waals surface area contributed by atoms with Crippen molar-refractivity contribution in [2.45, 2.75) is 18.9 Å². The summed E-state index contributed by atoms with van der Waals surface area (Å²) >= 11 is 0. The van der Waals surface area contributed by atoms with Crippen molar-refractivity contribution < 1.29 is 9.90 Å². The lowest BCUT2D eigenvalue weighted by atomic mass is 9.93. The number of benzene rings is 1. The first-order valence-corrected chi connectivity index (χ1v) is 4.28. The van der Waals surface area contributed by atoms with E-state index in [0.29, 0.717) is 6.42 Å². The lowest BCUT2D eigenvalue weighted by Gasteiger charge is -2.20. The summed E-state index contributed by atoms with van der Waals surface area (Å²) in [4.78, 5) is 10.9. The van der Waals surface area contributed by atoms with Crippen LogP contribution in [0.3, 0.4) is 0 Å². The van der Waals surface area contributed by atoms with Gasteiger partial charge in [-0.25, -0.2) is 0 Å². The average molecular weight is 194 g/mol. The molecule has 0 spiro atoms. The third-order valence-electron chi connectivity index (χ3n) is 2.07. The van der Waals surface area contributed by atoms with E-state index in [4.69, 9.17) is 16.6 Å². The highest BCUT2D eigenvalue weighted by Crippen LogP contribution is 2.14. The van der Waals surface area contributed by atoms with Crippen LogP contribution < -0.4 is 11.5 Å². The van der Waals surface area contributed by atoms with E-state index in [9.17, 15) is 4.79 Å². The molecule has 0 heterocycles. The largest absolute Gasteiger partial charge is 0.508 e. The zero-order valence-electron chi connectivity index (χ0n) is 8.03. The Labute approximate surface area is 82.5 Å². The quantitative estimate of drug-likeness (QED) is 0.639. The first-order chi connectivity index (χ1) is 6.42. The Morgan fingerprint density at radius 3 is 2.36 bits per heavy atom. The molecular weight excluding hydrogens is 180 g/mol. The van der Waals surface area contributed by atoms with Crippen molar-refractivity contribution in [3.05, 3.63) is 29.8 Å². The Morgan fingerprint density at radius 2 is 1.93 bits per heavy atom. The minimum atomic E-state index is -1.04. The second-order valence-electron chi connectivity index (χ2n) is 3.62. The molecule has 1 rings (SSSR count). The number of primary amides is 1. The third kappa shape index (κ3) is 2.47. The van der Waals surface area contributed by atoms with Gasteiger partial charge in [0.05, 0.1) is 5.54 Å². The summed E-state index contributed by atoms with van der Waals surface area (Å²) in [5.41, 5.74) is 10.6. The predicted molar refractivity (Wildman–Crippen MR) is 53.6 cm³/mol. The van der Waals surface area contributed by atoms with Gasteiger partial charge in [-0.2, -0.15) is 0 Å². The summed E-state index contributed by atoms with van der Waals surface area (Å²) in [6.07, 6.45) is 0.364. The fourth-order valence-corrected chi connectivity index (χ4v) is 1.12. The van der Waals surface area contributed by atoms with E-state index in [0.717, 1.165) is 5.56 Å². The van der Waals surface area contributed by atoms with Crippen LogP contribution in [0.2, 0.25) is 0 Å². The number of carbonyl (C=O) groups is 1. The number of aromatic hydroxyl groups is 1. The van der Waals surface area contributed by atoms with Crippen molar-refractivity contribution in [3.8, 4) is 5.75 Å². The Hall–Kier alpha value is -1.55. The summed E-state index contributed by atoms with van der Waals surface area (Å²) in [6.45, 7) is 1.59. The fourth-order valence-electron chi connectivity index (χ4n) is 1.12. The summed E-state index contributed by atoms with van der Waals surface area (Å²) in [6, 6.07) is 6.52. The second kappa shape index (κ2) is 3.67. The molecule has 0 saturated heterocycles. The van der Waals surface area contributed by atoms with Crippen molar-refractivity contribution in [2.24, 2.45) is 11.5 Å². The van der Waals surface area contributed by atoms with Gasteiger partial charge in [-0.1, -0.05) is 12.1 Å². The van der Waals surface area contributed by atoms with Crippen LogP contribution in [0, 0.1) is 0 Å². The molecule has 1 aromatic rings. The molecule has 0 fully saturated rings. The normalized spacial score (nSPS) is 14.7. The zero-order chi connectivity index (χ0) is 10.8. The van der Waals surface area contributed by atoms with E-state index in [1.165, 1.54) is 0 Å². The van der Waals surface area contributed by atoms with E-state index in [-0.39, 0.29) is 5.75 Å². The molecule has 0 radical (unpaired) electrons. The van der Waals surface area contributed by atoms with Crippen molar-refractivity contribution >= 4 is 5.91 Å². The summed E-state index contributed by atoms with van der Waals surface area (Å²) in [5.74, 6) is -0.350. The Morgan fingerprint density at radius 1 is 1.43 bits per heavy atom. The molecule has 0 aliphatic heterocycles. The lowest BCUT2D eigenvalue weighted by Crippen LogP contribution is -2.50. The number of amides is 1. The second-order valence-corrected chi connectivity index (χ2v) is 3.62. The van der Waals surface area contributed by atoms with E-state index >= 15 is 0 Å². The summed E-state index contributed by atoms with van der Waals surface area (Å²) in [7, 11) is 0. The monoisotopic (exact) mass is 194 g/mol. The van der Waals surface area contributed by atoms with Crippen LogP contribution in [0.1, 0.15) is 12.5 Å². The van der Waals surface area contributed by atoms with Crippen molar-refractivity contribution in [3.63, 3.8) is 0 Å². The number of nitrogens with two attached hydrogens (primary N) is 2. The first kappa shape index (κ1) is 10.5. The molecule has 1 amide bonds. The van der Waals surface area contributed by atoms with E-state index < -0.39 is 11.4 Å². The molecule has 0 aliphatic rings. The summed E-state index contributed by atoms with van der Waals surface area (Å²) < 4.78 is 0. The van der Waals surface area contributed by atoms with Gasteiger partial charge in [0.1, 0.15) is 5.75 Å². The number of hydrogen-bond acceptors (Lipinski definition) is 3. The molecule has 5 N–H and O–H groups in total. The smallest absolute Gasteiger partial charge is 0.237 e. The van der Waals surface area contributed by atoms with Gasteiger partial charge in [-0.3, -0.25) is 4.79 Å². The molecule has 4 heteroatoms. The molecule has 76 valence electrons. The van der Waals surface area contributed by atoms with Crippen LogP contribution in [0.25, 0.3) is 0 Å². The average Bonchev–Trinajstić information content (AvgIpc) is 2.08. The maximum Gasteiger partial charge on any atom is 0.237 e. The van der Waals surface area contributed by atoms with Gasteiger partial charge in [-0.05, 0) is 31.0 Å². The maximum atomic E-state index is 10.9. The van der Waals surface area contributed by atoms with Crippen LogP contribution in [0.5, 0.6) is 5.75 Å². The number of phenolic OH excluding ortho intramolecular Hbond substituents is 1. The molecule has 1 aromatic carbocycles. The highest BCUT2D eigenvalue weighted by molar-refractivity contribution is 5.84. The SMILES string of the molecule is C[C@](N)(Cc1ccc(O)cc1)C(N)=O. The molecule has 0 aromatic heterocycles. The summed E-state index contributed by atoms with van der Waals surface area (Å²) in [5, 5.41) is 9.04. The van der Waals surface area contributed by atoms with E-state index in [1.807, 2.05) is 0 Å². The first-order valence-electron chi connectivity index (χ1n) is 4.28. The van der Waals surface area contributed by atoms with E-state index in [1.54, 1.807) is 31.2 Å². The van der Waals surface area contributed by atoms with Crippen molar-refractivity contribution in [1.29, 1.82) is 0 Å². The fraction of sp³-hybridized carbons (Fsp3) is 0.300. The molecule has 0 unspecified atom stereocenters. The number of carbonyl (C=O) groups excluding carboxylic acids is 1. The topological polar surface area (TPSA) is 89.3 Å². The van der Waals surface area contributed by atoms with Crippen LogP contribution in [-0.2, 0) is 11.2 Å². The predicted octanol–water partition coefficient (Wildman–Crippen LogP) is 0.137. The van der Waals surface area contributed by atoms with Crippen LogP contribution >= 0.6 is 0 Å². The van der Waals surface area contributed by atoms with Gasteiger partial charge in [0.15, 0.2) is 0 Å². The third-order valence-corrected chi connectivity index (χ3v) is 2.07.